The third kappa shape index (κ3) is 3.46. The number of hydrogen-bond donors (Lipinski definition) is 1. The number of sulfone groups is 1. The first-order valence-electron chi connectivity index (χ1n) is 5.68. The Labute approximate surface area is 112 Å². The second-order valence-electron chi connectivity index (χ2n) is 4.62. The molecule has 1 aromatic rings. The van der Waals surface area contributed by atoms with Gasteiger partial charge in [-0.3, -0.25) is 0 Å². The molecule has 1 aliphatic heterocycles. The monoisotopic (exact) mass is 305 g/mol. The van der Waals surface area contributed by atoms with Gasteiger partial charge in [0.15, 0.2) is 9.84 Å². The van der Waals surface area contributed by atoms with E-state index < -0.39 is 19.9 Å². The molecule has 1 aromatic carbocycles. The van der Waals surface area contributed by atoms with Gasteiger partial charge in [0, 0.05) is 0 Å². The smallest absolute Gasteiger partial charge is 0.238 e. The fraction of sp³-hybridized carbons (Fsp3) is 0.455. The molecule has 1 fully saturated rings. The van der Waals surface area contributed by atoms with Gasteiger partial charge in [0.2, 0.25) is 10.0 Å². The van der Waals surface area contributed by atoms with Crippen LogP contribution in [0.15, 0.2) is 23.1 Å². The highest BCUT2D eigenvalue weighted by molar-refractivity contribution is 7.91. The molecule has 19 heavy (non-hydrogen) atoms. The Kier molecular flexibility index (Phi) is 3.59. The van der Waals surface area contributed by atoms with Crippen molar-refractivity contribution in [2.75, 3.05) is 11.5 Å². The summed E-state index contributed by atoms with van der Waals surface area (Å²) in [5.74, 6) is 0.615. The molecule has 0 radical (unpaired) electrons. The highest BCUT2D eigenvalue weighted by Gasteiger charge is 2.29. The molecule has 0 amide bonds. The Morgan fingerprint density at radius 3 is 2.53 bits per heavy atom. The van der Waals surface area contributed by atoms with Crippen LogP contribution in [0.1, 0.15) is 12.0 Å². The predicted octanol–water partition coefficient (Wildman–Crippen LogP) is 0.208. The molecule has 2 rings (SSSR count). The molecule has 2 N–H and O–H groups in total. The van der Waals surface area contributed by atoms with E-state index in [0.717, 1.165) is 0 Å². The molecule has 0 bridgehead atoms. The summed E-state index contributed by atoms with van der Waals surface area (Å²) in [5, 5.41) is 5.03. The maximum absolute atomic E-state index is 11.3. The zero-order valence-corrected chi connectivity index (χ0v) is 12.0. The second-order valence-corrected chi connectivity index (χ2v) is 8.41. The minimum absolute atomic E-state index is 0.00335. The summed E-state index contributed by atoms with van der Waals surface area (Å²) in [6.07, 6.45) is 0.0858. The molecule has 0 aromatic heterocycles. The van der Waals surface area contributed by atoms with Gasteiger partial charge in [0.05, 0.1) is 16.4 Å². The summed E-state index contributed by atoms with van der Waals surface area (Å²) in [4.78, 5) is 0.0105. The molecule has 1 aliphatic rings. The normalized spacial score (nSPS) is 22.3. The largest absolute Gasteiger partial charge is 0.489 e. The van der Waals surface area contributed by atoms with Crippen LogP contribution in [0.3, 0.4) is 0 Å². The van der Waals surface area contributed by atoms with Crippen LogP contribution in [0, 0.1) is 6.92 Å². The lowest BCUT2D eigenvalue weighted by molar-refractivity contribution is 0.227. The fourth-order valence-corrected chi connectivity index (χ4v) is 4.15. The van der Waals surface area contributed by atoms with E-state index in [-0.39, 0.29) is 22.5 Å². The van der Waals surface area contributed by atoms with E-state index >= 15 is 0 Å². The minimum Gasteiger partial charge on any atom is -0.489 e. The molecule has 1 heterocycles. The number of ether oxygens (including phenoxy) is 1. The molecule has 1 atom stereocenters. The first-order chi connectivity index (χ1) is 8.67. The molecule has 6 nitrogen and oxygen atoms in total. The van der Waals surface area contributed by atoms with E-state index in [1.165, 1.54) is 18.2 Å². The molecular formula is C11H15NO5S2. The summed E-state index contributed by atoms with van der Waals surface area (Å²) in [6.45, 7) is 1.69. The van der Waals surface area contributed by atoms with Crippen molar-refractivity contribution in [1.82, 2.24) is 0 Å². The maximum Gasteiger partial charge on any atom is 0.238 e. The Morgan fingerprint density at radius 2 is 2.05 bits per heavy atom. The average Bonchev–Trinajstić information content (AvgIpc) is 2.59. The third-order valence-electron chi connectivity index (χ3n) is 2.96. The van der Waals surface area contributed by atoms with Gasteiger partial charge in [-0.25, -0.2) is 22.0 Å². The molecule has 106 valence electrons. The van der Waals surface area contributed by atoms with Crippen LogP contribution in [0.5, 0.6) is 5.75 Å². The van der Waals surface area contributed by atoms with Crippen molar-refractivity contribution in [2.24, 2.45) is 5.14 Å². The number of rotatable bonds is 3. The van der Waals surface area contributed by atoms with Crippen molar-refractivity contribution in [1.29, 1.82) is 0 Å². The third-order valence-corrected chi connectivity index (χ3v) is 5.61. The van der Waals surface area contributed by atoms with Crippen LogP contribution >= 0.6 is 0 Å². The number of primary sulfonamides is 1. The second kappa shape index (κ2) is 4.77. The van der Waals surface area contributed by atoms with Gasteiger partial charge in [0.1, 0.15) is 11.9 Å². The van der Waals surface area contributed by atoms with E-state index in [4.69, 9.17) is 9.88 Å². The van der Waals surface area contributed by atoms with Gasteiger partial charge in [-0.1, -0.05) is 0 Å². The lowest BCUT2D eigenvalue weighted by atomic mass is 10.2. The van der Waals surface area contributed by atoms with Gasteiger partial charge < -0.3 is 4.74 Å². The van der Waals surface area contributed by atoms with E-state index in [0.29, 0.717) is 17.7 Å². The number of benzene rings is 1. The topological polar surface area (TPSA) is 104 Å². The lowest BCUT2D eigenvalue weighted by Gasteiger charge is -2.14. The first-order valence-corrected chi connectivity index (χ1v) is 9.05. The van der Waals surface area contributed by atoms with E-state index in [1.807, 2.05) is 0 Å². The zero-order valence-electron chi connectivity index (χ0n) is 10.4. The van der Waals surface area contributed by atoms with Crippen LogP contribution in [-0.4, -0.2) is 34.4 Å². The number of hydrogen-bond acceptors (Lipinski definition) is 5. The number of aryl methyl sites for hydroxylation is 1. The molecule has 0 saturated carbocycles. The number of sulfonamides is 1. The zero-order chi connectivity index (χ0) is 14.3. The van der Waals surface area contributed by atoms with Gasteiger partial charge in [-0.15, -0.1) is 0 Å². The van der Waals surface area contributed by atoms with Crippen molar-refractivity contribution in [3.8, 4) is 5.75 Å². The van der Waals surface area contributed by atoms with Crippen molar-refractivity contribution in [3.05, 3.63) is 23.8 Å². The minimum atomic E-state index is -3.74. The van der Waals surface area contributed by atoms with Gasteiger partial charge in [-0.2, -0.15) is 0 Å². The van der Waals surface area contributed by atoms with Crippen LogP contribution < -0.4 is 9.88 Å². The maximum atomic E-state index is 11.3. The predicted molar refractivity (Wildman–Crippen MR) is 70.2 cm³/mol. The fourth-order valence-electron chi connectivity index (χ4n) is 1.96. The highest BCUT2D eigenvalue weighted by atomic mass is 32.2. The Hall–Kier alpha value is -1.12. The summed E-state index contributed by atoms with van der Waals surface area (Å²) in [6, 6.07) is 4.26. The van der Waals surface area contributed by atoms with Crippen molar-refractivity contribution < 1.29 is 21.6 Å². The molecule has 1 saturated heterocycles. The van der Waals surface area contributed by atoms with Gasteiger partial charge in [0.25, 0.3) is 0 Å². The van der Waals surface area contributed by atoms with Crippen molar-refractivity contribution in [2.45, 2.75) is 24.3 Å². The Morgan fingerprint density at radius 1 is 1.37 bits per heavy atom. The number of nitrogens with two attached hydrogens (primary N) is 1. The Balaban J connectivity index is 2.19. The SMILES string of the molecule is Cc1cc(S(N)(=O)=O)ccc1OC1CCS(=O)(=O)C1. The van der Waals surface area contributed by atoms with Gasteiger partial charge >= 0.3 is 0 Å². The lowest BCUT2D eigenvalue weighted by Crippen LogP contribution is -2.18. The van der Waals surface area contributed by atoms with E-state index in [9.17, 15) is 16.8 Å². The molecule has 1 unspecified atom stereocenters. The van der Waals surface area contributed by atoms with Crippen molar-refractivity contribution >= 4 is 19.9 Å². The quantitative estimate of drug-likeness (QED) is 0.859. The summed E-state index contributed by atoms with van der Waals surface area (Å²) in [7, 11) is -6.74. The molecular weight excluding hydrogens is 290 g/mol. The highest BCUT2D eigenvalue weighted by Crippen LogP contribution is 2.25. The standard InChI is InChI=1S/C11H15NO5S2/c1-8-6-10(19(12,15)16)2-3-11(8)17-9-4-5-18(13,14)7-9/h2-3,6,9H,4-5,7H2,1H3,(H2,12,15,16). The summed E-state index contributed by atoms with van der Waals surface area (Å²) in [5.41, 5.74) is 0.607. The summed E-state index contributed by atoms with van der Waals surface area (Å²) < 4.78 is 50.6. The van der Waals surface area contributed by atoms with Crippen LogP contribution in [-0.2, 0) is 19.9 Å². The average molecular weight is 305 g/mol. The molecule has 0 spiro atoms. The van der Waals surface area contributed by atoms with E-state index in [1.54, 1.807) is 6.92 Å². The molecule has 8 heteroatoms. The van der Waals surface area contributed by atoms with Gasteiger partial charge in [-0.05, 0) is 37.1 Å². The van der Waals surface area contributed by atoms with Crippen LogP contribution in [0.4, 0.5) is 0 Å². The summed E-state index contributed by atoms with van der Waals surface area (Å²) >= 11 is 0. The van der Waals surface area contributed by atoms with Crippen LogP contribution in [0.2, 0.25) is 0 Å². The van der Waals surface area contributed by atoms with Crippen LogP contribution in [0.25, 0.3) is 0 Å². The Bertz CT molecular complexity index is 694. The first kappa shape index (κ1) is 14.3. The van der Waals surface area contributed by atoms with E-state index in [2.05, 4.69) is 0 Å². The van der Waals surface area contributed by atoms with Crippen molar-refractivity contribution in [3.63, 3.8) is 0 Å². The molecule has 0 aliphatic carbocycles.